The molecule has 2 bridgehead atoms. The van der Waals surface area contributed by atoms with Crippen LogP contribution >= 0.6 is 0 Å². The molecular formula is C12H16O6. The summed E-state index contributed by atoms with van der Waals surface area (Å²) in [5.74, 6) is -5.45. The third-order valence-corrected chi connectivity index (χ3v) is 4.53. The first-order valence-corrected chi connectivity index (χ1v) is 5.85. The van der Waals surface area contributed by atoms with Crippen LogP contribution < -0.4 is 0 Å². The van der Waals surface area contributed by atoms with Crippen LogP contribution in [0.5, 0.6) is 0 Å². The second-order valence-corrected chi connectivity index (χ2v) is 5.54. The minimum absolute atomic E-state index is 0.344. The van der Waals surface area contributed by atoms with Crippen LogP contribution in [0.1, 0.15) is 19.8 Å². The van der Waals surface area contributed by atoms with E-state index in [0.29, 0.717) is 12.8 Å². The Hall–Kier alpha value is -1.59. The standard InChI is InChI=1S/C12H16O6/c1-12-3-5(6(4-12)9(13)14)7(10(15)16)8(12)11(17)18-2/h5-8H,3-4H2,1-2H3,(H,13,14)(H,15,16). The molecule has 6 heteroatoms. The molecule has 2 fully saturated rings. The Morgan fingerprint density at radius 2 is 1.78 bits per heavy atom. The fourth-order valence-corrected chi connectivity index (χ4v) is 3.88. The molecule has 0 amide bonds. The smallest absolute Gasteiger partial charge is 0.310 e. The van der Waals surface area contributed by atoms with Crippen LogP contribution in [0.15, 0.2) is 0 Å². The van der Waals surface area contributed by atoms with Gasteiger partial charge in [-0.2, -0.15) is 0 Å². The van der Waals surface area contributed by atoms with Gasteiger partial charge in [0, 0.05) is 0 Å². The first kappa shape index (κ1) is 12.9. The van der Waals surface area contributed by atoms with Gasteiger partial charge in [0.2, 0.25) is 0 Å². The van der Waals surface area contributed by atoms with Gasteiger partial charge in [-0.1, -0.05) is 6.92 Å². The summed E-state index contributed by atoms with van der Waals surface area (Å²) in [6.07, 6.45) is 0.803. The lowest BCUT2D eigenvalue weighted by Gasteiger charge is -2.35. The number of carboxylic acid groups (broad SMARTS) is 2. The zero-order valence-electron chi connectivity index (χ0n) is 10.3. The summed E-state index contributed by atoms with van der Waals surface area (Å²) >= 11 is 0. The zero-order chi connectivity index (χ0) is 13.7. The molecule has 100 valence electrons. The summed E-state index contributed by atoms with van der Waals surface area (Å²) in [7, 11) is 1.23. The highest BCUT2D eigenvalue weighted by molar-refractivity contribution is 5.85. The normalized spacial score (nSPS) is 41.7. The van der Waals surface area contributed by atoms with Gasteiger partial charge in [0.25, 0.3) is 0 Å². The van der Waals surface area contributed by atoms with E-state index in [9.17, 15) is 19.5 Å². The molecule has 2 aliphatic carbocycles. The van der Waals surface area contributed by atoms with Crippen LogP contribution in [0.3, 0.4) is 0 Å². The Labute approximate surface area is 104 Å². The molecule has 2 aliphatic rings. The topological polar surface area (TPSA) is 101 Å². The van der Waals surface area contributed by atoms with Gasteiger partial charge in [-0.15, -0.1) is 0 Å². The van der Waals surface area contributed by atoms with E-state index < -0.39 is 47.0 Å². The number of carbonyl (C=O) groups is 3. The second kappa shape index (κ2) is 3.96. The van der Waals surface area contributed by atoms with Gasteiger partial charge in [-0.3, -0.25) is 14.4 Å². The Morgan fingerprint density at radius 1 is 1.17 bits per heavy atom. The summed E-state index contributed by atoms with van der Waals surface area (Å²) in [5.41, 5.74) is -0.579. The van der Waals surface area contributed by atoms with E-state index in [-0.39, 0.29) is 0 Å². The van der Waals surface area contributed by atoms with Crippen molar-refractivity contribution in [1.29, 1.82) is 0 Å². The first-order chi connectivity index (χ1) is 8.31. The van der Waals surface area contributed by atoms with Crippen LogP contribution in [0.2, 0.25) is 0 Å². The molecule has 0 aromatic rings. The lowest BCUT2D eigenvalue weighted by atomic mass is 9.68. The summed E-state index contributed by atoms with van der Waals surface area (Å²) in [5, 5.41) is 18.4. The molecule has 6 nitrogen and oxygen atoms in total. The van der Waals surface area contributed by atoms with Gasteiger partial charge < -0.3 is 14.9 Å². The van der Waals surface area contributed by atoms with Gasteiger partial charge >= 0.3 is 17.9 Å². The molecular weight excluding hydrogens is 240 g/mol. The molecule has 5 atom stereocenters. The van der Waals surface area contributed by atoms with Crippen molar-refractivity contribution in [3.05, 3.63) is 0 Å². The van der Waals surface area contributed by atoms with E-state index in [0.717, 1.165) is 0 Å². The zero-order valence-corrected chi connectivity index (χ0v) is 10.3. The fourth-order valence-electron chi connectivity index (χ4n) is 3.88. The maximum atomic E-state index is 11.8. The van der Waals surface area contributed by atoms with E-state index in [1.54, 1.807) is 6.92 Å². The van der Waals surface area contributed by atoms with Crippen LogP contribution in [0.4, 0.5) is 0 Å². The molecule has 0 aliphatic heterocycles. The summed E-state index contributed by atoms with van der Waals surface area (Å²) in [6, 6.07) is 0. The van der Waals surface area contributed by atoms with Crippen molar-refractivity contribution in [1.82, 2.24) is 0 Å². The Morgan fingerprint density at radius 3 is 2.22 bits per heavy atom. The Bertz CT molecular complexity index is 417. The van der Waals surface area contributed by atoms with E-state index >= 15 is 0 Å². The second-order valence-electron chi connectivity index (χ2n) is 5.54. The molecule has 2 rings (SSSR count). The van der Waals surface area contributed by atoms with E-state index in [4.69, 9.17) is 5.11 Å². The van der Waals surface area contributed by atoms with Crippen molar-refractivity contribution in [3.63, 3.8) is 0 Å². The van der Waals surface area contributed by atoms with Gasteiger partial charge in [0.15, 0.2) is 0 Å². The van der Waals surface area contributed by atoms with Crippen molar-refractivity contribution in [2.24, 2.45) is 29.1 Å². The largest absolute Gasteiger partial charge is 0.481 e. The lowest BCUT2D eigenvalue weighted by molar-refractivity contribution is -0.165. The Kier molecular flexibility index (Phi) is 2.83. The van der Waals surface area contributed by atoms with Crippen LogP contribution in [0.25, 0.3) is 0 Å². The van der Waals surface area contributed by atoms with Gasteiger partial charge in [-0.25, -0.2) is 0 Å². The third-order valence-electron chi connectivity index (χ3n) is 4.53. The van der Waals surface area contributed by atoms with Crippen molar-refractivity contribution < 1.29 is 29.3 Å². The minimum Gasteiger partial charge on any atom is -0.481 e. The number of aliphatic carboxylic acids is 2. The maximum absolute atomic E-state index is 11.8. The minimum atomic E-state index is -1.11. The molecule has 18 heavy (non-hydrogen) atoms. The molecule has 0 saturated heterocycles. The maximum Gasteiger partial charge on any atom is 0.310 e. The number of rotatable bonds is 3. The molecule has 0 radical (unpaired) electrons. The Balaban J connectivity index is 2.38. The molecule has 0 aromatic heterocycles. The average molecular weight is 256 g/mol. The van der Waals surface area contributed by atoms with E-state index in [1.807, 2.05) is 0 Å². The monoisotopic (exact) mass is 256 g/mol. The number of fused-ring (bicyclic) bond motifs is 2. The average Bonchev–Trinajstić information content (AvgIpc) is 2.77. The van der Waals surface area contributed by atoms with Crippen molar-refractivity contribution in [2.75, 3.05) is 7.11 Å². The van der Waals surface area contributed by atoms with Gasteiger partial charge in [0.1, 0.15) is 0 Å². The summed E-state index contributed by atoms with van der Waals surface area (Å²) in [4.78, 5) is 34.2. The molecule has 0 spiro atoms. The first-order valence-electron chi connectivity index (χ1n) is 5.85. The lowest BCUT2D eigenvalue weighted by Crippen LogP contribution is -2.44. The van der Waals surface area contributed by atoms with Crippen molar-refractivity contribution >= 4 is 17.9 Å². The summed E-state index contributed by atoms with van der Waals surface area (Å²) < 4.78 is 4.68. The number of hydrogen-bond donors (Lipinski definition) is 2. The third kappa shape index (κ3) is 1.59. The van der Waals surface area contributed by atoms with E-state index in [2.05, 4.69) is 4.74 Å². The quantitative estimate of drug-likeness (QED) is 0.717. The van der Waals surface area contributed by atoms with Crippen molar-refractivity contribution in [3.8, 4) is 0 Å². The van der Waals surface area contributed by atoms with Crippen molar-refractivity contribution in [2.45, 2.75) is 19.8 Å². The molecule has 2 N–H and O–H groups in total. The highest BCUT2D eigenvalue weighted by atomic mass is 16.5. The number of carbonyl (C=O) groups excluding carboxylic acids is 1. The van der Waals surface area contributed by atoms with Gasteiger partial charge in [0.05, 0.1) is 24.9 Å². The van der Waals surface area contributed by atoms with Crippen LogP contribution in [0, 0.1) is 29.1 Å². The number of carboxylic acids is 2. The molecule has 0 heterocycles. The van der Waals surface area contributed by atoms with Crippen LogP contribution in [-0.2, 0) is 19.1 Å². The van der Waals surface area contributed by atoms with E-state index in [1.165, 1.54) is 7.11 Å². The number of esters is 1. The molecule has 2 saturated carbocycles. The molecule has 0 aromatic carbocycles. The number of methoxy groups -OCH3 is 1. The molecule has 5 unspecified atom stereocenters. The predicted molar refractivity (Wildman–Crippen MR) is 58.6 cm³/mol. The highest BCUT2D eigenvalue weighted by Gasteiger charge is 2.66. The SMILES string of the molecule is COC(=O)C1C(C(=O)O)C2CC1(C)CC2C(=O)O. The number of ether oxygens (including phenoxy) is 1. The van der Waals surface area contributed by atoms with Crippen LogP contribution in [-0.4, -0.2) is 35.2 Å². The highest BCUT2D eigenvalue weighted by Crippen LogP contribution is 2.63. The predicted octanol–water partition coefficient (Wildman–Crippen LogP) is 0.607. The number of hydrogen-bond acceptors (Lipinski definition) is 4. The van der Waals surface area contributed by atoms with Gasteiger partial charge in [-0.05, 0) is 24.2 Å². The summed E-state index contributed by atoms with van der Waals surface area (Å²) in [6.45, 7) is 1.79. The fraction of sp³-hybridized carbons (Fsp3) is 0.750.